The molecule has 0 N–H and O–H groups in total. The Labute approximate surface area is 161 Å². The van der Waals surface area contributed by atoms with Gasteiger partial charge in [0.05, 0.1) is 11.5 Å². The van der Waals surface area contributed by atoms with E-state index in [9.17, 15) is 13.2 Å². The van der Waals surface area contributed by atoms with E-state index in [4.69, 9.17) is 9.15 Å². The lowest BCUT2D eigenvalue weighted by Gasteiger charge is -2.23. The number of rotatable bonds is 5. The summed E-state index contributed by atoms with van der Waals surface area (Å²) < 4.78 is 34.5. The Morgan fingerprint density at radius 3 is 2.93 bits per heavy atom. The van der Waals surface area contributed by atoms with Gasteiger partial charge in [-0.2, -0.15) is 0 Å². The largest absolute Gasteiger partial charge is 0.484 e. The summed E-state index contributed by atoms with van der Waals surface area (Å²) >= 11 is 1.63. The fourth-order valence-corrected chi connectivity index (χ4v) is 5.77. The number of hydrogen-bond donors (Lipinski definition) is 0. The fraction of sp³-hybridized carbons (Fsp3) is 0.316. The van der Waals surface area contributed by atoms with Crippen LogP contribution in [0.2, 0.25) is 0 Å². The summed E-state index contributed by atoms with van der Waals surface area (Å²) in [6, 6.07) is 9.18. The van der Waals surface area contributed by atoms with Crippen LogP contribution in [-0.4, -0.2) is 50.4 Å². The monoisotopic (exact) mass is 405 g/mol. The lowest BCUT2D eigenvalue weighted by atomic mass is 10.1. The van der Waals surface area contributed by atoms with Gasteiger partial charge in [-0.05, 0) is 36.1 Å². The van der Waals surface area contributed by atoms with Crippen molar-refractivity contribution >= 4 is 38.1 Å². The Hall–Kier alpha value is -2.32. The molecule has 3 heterocycles. The van der Waals surface area contributed by atoms with E-state index in [1.165, 1.54) is 4.90 Å². The molecule has 0 radical (unpaired) electrons. The SMILES string of the molecule is CN(C(=O)COc1ccc2occ(-c3cccs3)c2c1)[C@@H]1CCS(=O)(=O)C1. The first-order valence-corrected chi connectivity index (χ1v) is 11.3. The van der Waals surface area contributed by atoms with E-state index in [1.807, 2.05) is 29.6 Å². The second-order valence-electron chi connectivity index (χ2n) is 6.63. The fourth-order valence-electron chi connectivity index (χ4n) is 3.25. The van der Waals surface area contributed by atoms with Gasteiger partial charge in [-0.3, -0.25) is 4.79 Å². The molecule has 1 amide bonds. The number of sulfone groups is 1. The number of thiophene rings is 1. The molecule has 4 rings (SSSR count). The number of amides is 1. The Bertz CT molecular complexity index is 1070. The zero-order valence-electron chi connectivity index (χ0n) is 14.8. The van der Waals surface area contributed by atoms with Gasteiger partial charge in [-0.25, -0.2) is 8.42 Å². The zero-order valence-corrected chi connectivity index (χ0v) is 16.4. The van der Waals surface area contributed by atoms with Crippen molar-refractivity contribution in [2.75, 3.05) is 25.2 Å². The van der Waals surface area contributed by atoms with Crippen LogP contribution in [-0.2, 0) is 14.6 Å². The molecule has 2 aromatic heterocycles. The van der Waals surface area contributed by atoms with E-state index in [2.05, 4.69) is 0 Å². The first-order chi connectivity index (χ1) is 12.9. The van der Waals surface area contributed by atoms with Crippen LogP contribution in [0.15, 0.2) is 46.4 Å². The number of benzene rings is 1. The highest BCUT2D eigenvalue weighted by Gasteiger charge is 2.32. The van der Waals surface area contributed by atoms with Crippen molar-refractivity contribution in [1.29, 1.82) is 0 Å². The molecule has 142 valence electrons. The number of fused-ring (bicyclic) bond motifs is 1. The summed E-state index contributed by atoms with van der Waals surface area (Å²) in [6.07, 6.45) is 2.20. The average molecular weight is 405 g/mol. The molecule has 1 atom stereocenters. The normalized spacial score (nSPS) is 18.6. The quantitative estimate of drug-likeness (QED) is 0.652. The molecule has 0 aliphatic carbocycles. The smallest absolute Gasteiger partial charge is 0.260 e. The van der Waals surface area contributed by atoms with Crippen molar-refractivity contribution in [3.05, 3.63) is 42.0 Å². The van der Waals surface area contributed by atoms with Crippen LogP contribution >= 0.6 is 11.3 Å². The zero-order chi connectivity index (χ0) is 19.0. The summed E-state index contributed by atoms with van der Waals surface area (Å²) in [6.45, 7) is -0.134. The number of nitrogens with zero attached hydrogens (tertiary/aromatic N) is 1. The Kier molecular flexibility index (Phi) is 4.69. The minimum atomic E-state index is -3.03. The van der Waals surface area contributed by atoms with Gasteiger partial charge in [-0.1, -0.05) is 6.07 Å². The number of hydrogen-bond acceptors (Lipinski definition) is 6. The van der Waals surface area contributed by atoms with E-state index in [0.717, 1.165) is 21.4 Å². The second-order valence-corrected chi connectivity index (χ2v) is 9.81. The highest BCUT2D eigenvalue weighted by molar-refractivity contribution is 7.91. The van der Waals surface area contributed by atoms with Crippen LogP contribution in [0.1, 0.15) is 6.42 Å². The highest BCUT2D eigenvalue weighted by Crippen LogP contribution is 2.35. The van der Waals surface area contributed by atoms with Gasteiger partial charge in [0, 0.05) is 28.9 Å². The Balaban J connectivity index is 1.46. The van der Waals surface area contributed by atoms with Crippen molar-refractivity contribution in [2.45, 2.75) is 12.5 Å². The Morgan fingerprint density at radius 1 is 1.37 bits per heavy atom. The molecular weight excluding hydrogens is 386 g/mol. The molecule has 6 nitrogen and oxygen atoms in total. The van der Waals surface area contributed by atoms with Crippen LogP contribution in [0.5, 0.6) is 5.75 Å². The van der Waals surface area contributed by atoms with Crippen molar-refractivity contribution < 1.29 is 22.4 Å². The van der Waals surface area contributed by atoms with Gasteiger partial charge in [-0.15, -0.1) is 11.3 Å². The summed E-state index contributed by atoms with van der Waals surface area (Å²) in [5.74, 6) is 0.504. The third kappa shape index (κ3) is 3.72. The molecule has 27 heavy (non-hydrogen) atoms. The number of carbonyl (C=O) groups excluding carboxylic acids is 1. The number of carbonyl (C=O) groups is 1. The molecule has 1 aromatic carbocycles. The van der Waals surface area contributed by atoms with Crippen LogP contribution in [0.4, 0.5) is 0 Å². The molecule has 0 saturated carbocycles. The summed E-state index contributed by atoms with van der Waals surface area (Å²) in [7, 11) is -1.40. The third-order valence-corrected chi connectivity index (χ3v) is 7.50. The van der Waals surface area contributed by atoms with E-state index in [1.54, 1.807) is 30.7 Å². The van der Waals surface area contributed by atoms with Crippen molar-refractivity contribution in [3.63, 3.8) is 0 Å². The van der Waals surface area contributed by atoms with Crippen molar-refractivity contribution in [2.24, 2.45) is 0 Å². The van der Waals surface area contributed by atoms with Crippen molar-refractivity contribution in [3.8, 4) is 16.2 Å². The standard InChI is InChI=1S/C19H19NO5S2/c1-20(13-6-8-27(22,23)12-13)19(21)11-24-14-4-5-17-15(9-14)16(10-25-17)18-3-2-7-26-18/h2-5,7,9-10,13H,6,8,11-12H2,1H3/t13-/m1/s1. The average Bonchev–Trinajstić information content (AvgIpc) is 3.37. The maximum atomic E-state index is 12.4. The van der Waals surface area contributed by atoms with Gasteiger partial charge >= 0.3 is 0 Å². The minimum Gasteiger partial charge on any atom is -0.484 e. The topological polar surface area (TPSA) is 76.8 Å². The second kappa shape index (κ2) is 7.01. The van der Waals surface area contributed by atoms with E-state index in [-0.39, 0.29) is 30.1 Å². The third-order valence-electron chi connectivity index (χ3n) is 4.84. The molecule has 1 fully saturated rings. The summed E-state index contributed by atoms with van der Waals surface area (Å²) in [5, 5.41) is 2.93. The van der Waals surface area contributed by atoms with Crippen molar-refractivity contribution in [1.82, 2.24) is 4.90 Å². The predicted octanol–water partition coefficient (Wildman–Crippen LogP) is 3.19. The van der Waals surface area contributed by atoms with Crippen LogP contribution in [0.25, 0.3) is 21.4 Å². The highest BCUT2D eigenvalue weighted by atomic mass is 32.2. The molecule has 0 spiro atoms. The maximum Gasteiger partial charge on any atom is 0.260 e. The van der Waals surface area contributed by atoms with Gasteiger partial charge in [0.15, 0.2) is 16.4 Å². The summed E-state index contributed by atoms with van der Waals surface area (Å²) in [4.78, 5) is 15.0. The van der Waals surface area contributed by atoms with Crippen LogP contribution in [0, 0.1) is 0 Å². The van der Waals surface area contributed by atoms with E-state index < -0.39 is 9.84 Å². The molecule has 3 aromatic rings. The van der Waals surface area contributed by atoms with Crippen LogP contribution < -0.4 is 4.74 Å². The first kappa shape index (κ1) is 18.1. The summed E-state index contributed by atoms with van der Waals surface area (Å²) in [5.41, 5.74) is 1.75. The molecule has 0 bridgehead atoms. The molecule has 0 unspecified atom stereocenters. The van der Waals surface area contributed by atoms with Gasteiger partial charge in [0.2, 0.25) is 0 Å². The molecule has 1 saturated heterocycles. The predicted molar refractivity (Wildman–Crippen MR) is 105 cm³/mol. The van der Waals surface area contributed by atoms with Gasteiger partial charge in [0.1, 0.15) is 17.6 Å². The van der Waals surface area contributed by atoms with Crippen LogP contribution in [0.3, 0.4) is 0 Å². The van der Waals surface area contributed by atoms with Gasteiger partial charge in [0.25, 0.3) is 5.91 Å². The van der Waals surface area contributed by atoms with Gasteiger partial charge < -0.3 is 14.1 Å². The lowest BCUT2D eigenvalue weighted by molar-refractivity contribution is -0.133. The minimum absolute atomic E-state index is 0.0282. The number of furan rings is 1. The molecule has 1 aliphatic rings. The maximum absolute atomic E-state index is 12.4. The lowest BCUT2D eigenvalue weighted by Crippen LogP contribution is -2.40. The number of ether oxygens (including phenoxy) is 1. The molecular formula is C19H19NO5S2. The number of likely N-dealkylation sites (N-methyl/N-ethyl adjacent to an activating group) is 1. The first-order valence-electron chi connectivity index (χ1n) is 8.57. The molecule has 8 heteroatoms. The Morgan fingerprint density at radius 2 is 2.22 bits per heavy atom. The van der Waals surface area contributed by atoms with E-state index >= 15 is 0 Å². The molecule has 1 aliphatic heterocycles. The van der Waals surface area contributed by atoms with E-state index in [0.29, 0.717) is 12.2 Å².